The largest absolute Gasteiger partial charge is 0.330 e. The third-order valence-corrected chi connectivity index (χ3v) is 5.75. The van der Waals surface area contributed by atoms with Crippen LogP contribution in [-0.2, 0) is 10.0 Å². The predicted molar refractivity (Wildman–Crippen MR) is 77.0 cm³/mol. The molecule has 0 aromatic heterocycles. The Bertz CT molecular complexity index is 571. The average Bonchev–Trinajstić information content (AvgIpc) is 2.72. The number of sulfonamides is 1. The zero-order valence-electron chi connectivity index (χ0n) is 10.6. The Morgan fingerprint density at radius 1 is 1.32 bits per heavy atom. The summed E-state index contributed by atoms with van der Waals surface area (Å²) in [4.78, 5) is 0.131. The zero-order chi connectivity index (χ0) is 14.3. The number of hydrogen-bond acceptors (Lipinski definition) is 3. The molecule has 7 heteroatoms. The van der Waals surface area contributed by atoms with Gasteiger partial charge in [0.2, 0.25) is 10.0 Å². The van der Waals surface area contributed by atoms with Crippen LogP contribution in [0.15, 0.2) is 23.1 Å². The van der Waals surface area contributed by atoms with E-state index < -0.39 is 10.0 Å². The number of nitrogens with zero attached hydrogens (tertiary/aromatic N) is 1. The van der Waals surface area contributed by atoms with E-state index in [0.29, 0.717) is 29.7 Å². The third kappa shape index (κ3) is 3.06. The van der Waals surface area contributed by atoms with Gasteiger partial charge in [0.1, 0.15) is 0 Å². The first-order valence-electron chi connectivity index (χ1n) is 5.93. The second kappa shape index (κ2) is 5.22. The van der Waals surface area contributed by atoms with Crippen LogP contribution in [-0.4, -0.2) is 32.4 Å². The van der Waals surface area contributed by atoms with E-state index in [2.05, 4.69) is 0 Å². The molecule has 0 amide bonds. The molecule has 0 saturated carbocycles. The lowest BCUT2D eigenvalue weighted by Gasteiger charge is -2.22. The number of nitrogens with two attached hydrogens (primary N) is 1. The van der Waals surface area contributed by atoms with Gasteiger partial charge in [-0.1, -0.05) is 30.1 Å². The van der Waals surface area contributed by atoms with E-state index >= 15 is 0 Å². The van der Waals surface area contributed by atoms with Gasteiger partial charge >= 0.3 is 0 Å². The van der Waals surface area contributed by atoms with Crippen LogP contribution in [0.1, 0.15) is 13.3 Å². The molecule has 1 atom stereocenters. The highest BCUT2D eigenvalue weighted by Crippen LogP contribution is 2.33. The van der Waals surface area contributed by atoms with Crippen molar-refractivity contribution < 1.29 is 8.42 Å². The fourth-order valence-corrected chi connectivity index (χ4v) is 4.50. The zero-order valence-corrected chi connectivity index (χ0v) is 12.9. The highest BCUT2D eigenvalue weighted by molar-refractivity contribution is 7.89. The van der Waals surface area contributed by atoms with E-state index in [9.17, 15) is 8.42 Å². The number of hydrogen-bond donors (Lipinski definition) is 1. The lowest BCUT2D eigenvalue weighted by molar-refractivity contribution is 0.349. The monoisotopic (exact) mass is 322 g/mol. The Balaban J connectivity index is 2.33. The van der Waals surface area contributed by atoms with Crippen LogP contribution in [0.3, 0.4) is 0 Å². The Labute approximate surface area is 123 Å². The molecule has 2 rings (SSSR count). The Hall–Kier alpha value is -0.330. The second-order valence-electron chi connectivity index (χ2n) is 5.21. The van der Waals surface area contributed by atoms with E-state index in [1.807, 2.05) is 6.92 Å². The van der Waals surface area contributed by atoms with Crippen molar-refractivity contribution in [2.75, 3.05) is 19.6 Å². The molecule has 19 heavy (non-hydrogen) atoms. The van der Waals surface area contributed by atoms with Gasteiger partial charge in [0.25, 0.3) is 0 Å². The topological polar surface area (TPSA) is 63.4 Å². The Kier molecular flexibility index (Phi) is 4.14. The fourth-order valence-electron chi connectivity index (χ4n) is 2.18. The quantitative estimate of drug-likeness (QED) is 0.929. The van der Waals surface area contributed by atoms with E-state index in [4.69, 9.17) is 28.9 Å². The van der Waals surface area contributed by atoms with Crippen molar-refractivity contribution in [1.29, 1.82) is 0 Å². The van der Waals surface area contributed by atoms with E-state index in [1.165, 1.54) is 22.5 Å². The van der Waals surface area contributed by atoms with Crippen molar-refractivity contribution in [2.45, 2.75) is 18.2 Å². The lowest BCUT2D eigenvalue weighted by Crippen LogP contribution is -2.34. The van der Waals surface area contributed by atoms with Crippen molar-refractivity contribution in [2.24, 2.45) is 11.1 Å². The van der Waals surface area contributed by atoms with Gasteiger partial charge in [0.15, 0.2) is 0 Å². The molecule has 106 valence electrons. The third-order valence-electron chi connectivity index (χ3n) is 3.49. The van der Waals surface area contributed by atoms with E-state index in [0.717, 1.165) is 6.42 Å². The minimum atomic E-state index is -3.56. The minimum absolute atomic E-state index is 0.131. The van der Waals surface area contributed by atoms with Crippen molar-refractivity contribution >= 4 is 33.2 Å². The van der Waals surface area contributed by atoms with Crippen molar-refractivity contribution in [3.05, 3.63) is 28.2 Å². The van der Waals surface area contributed by atoms with Crippen LogP contribution in [0.5, 0.6) is 0 Å². The molecule has 1 aromatic carbocycles. The normalized spacial score (nSPS) is 24.8. The highest BCUT2D eigenvalue weighted by atomic mass is 35.5. The van der Waals surface area contributed by atoms with Crippen LogP contribution >= 0.6 is 23.2 Å². The van der Waals surface area contributed by atoms with Crippen LogP contribution in [0.25, 0.3) is 0 Å². The highest BCUT2D eigenvalue weighted by Gasteiger charge is 2.39. The van der Waals surface area contributed by atoms with Gasteiger partial charge in [-0.05, 0) is 36.6 Å². The first-order chi connectivity index (χ1) is 8.77. The summed E-state index contributed by atoms with van der Waals surface area (Å²) in [7, 11) is -3.56. The van der Waals surface area contributed by atoms with Gasteiger partial charge in [-0.3, -0.25) is 0 Å². The average molecular weight is 323 g/mol. The number of benzene rings is 1. The van der Waals surface area contributed by atoms with Gasteiger partial charge in [-0.25, -0.2) is 8.42 Å². The molecule has 0 radical (unpaired) electrons. The van der Waals surface area contributed by atoms with Gasteiger partial charge in [-0.15, -0.1) is 0 Å². The summed E-state index contributed by atoms with van der Waals surface area (Å²) in [6.45, 7) is 3.36. The maximum Gasteiger partial charge on any atom is 0.243 e. The van der Waals surface area contributed by atoms with E-state index in [1.54, 1.807) is 0 Å². The van der Waals surface area contributed by atoms with Crippen LogP contribution in [0, 0.1) is 5.41 Å². The minimum Gasteiger partial charge on any atom is -0.330 e. The molecule has 4 nitrogen and oxygen atoms in total. The molecular formula is C12H16Cl2N2O2S. The first kappa shape index (κ1) is 15.1. The Morgan fingerprint density at radius 3 is 2.37 bits per heavy atom. The summed E-state index contributed by atoms with van der Waals surface area (Å²) in [5.41, 5.74) is 5.54. The first-order valence-corrected chi connectivity index (χ1v) is 8.13. The second-order valence-corrected chi connectivity index (χ2v) is 8.02. The van der Waals surface area contributed by atoms with Crippen molar-refractivity contribution in [1.82, 2.24) is 4.31 Å². The molecule has 1 aromatic rings. The SMILES string of the molecule is CC1(CN)CCN(S(=O)(=O)c2cc(Cl)cc(Cl)c2)C1. The molecule has 1 aliphatic rings. The van der Waals surface area contributed by atoms with Crippen LogP contribution < -0.4 is 5.73 Å². The van der Waals surface area contributed by atoms with Crippen molar-refractivity contribution in [3.63, 3.8) is 0 Å². The van der Waals surface area contributed by atoms with Gasteiger partial charge in [0.05, 0.1) is 4.90 Å². The number of rotatable bonds is 3. The van der Waals surface area contributed by atoms with E-state index in [-0.39, 0.29) is 10.3 Å². The summed E-state index contributed by atoms with van der Waals surface area (Å²) < 4.78 is 26.5. The lowest BCUT2D eigenvalue weighted by atomic mass is 9.90. The Morgan fingerprint density at radius 2 is 1.89 bits per heavy atom. The molecule has 0 spiro atoms. The number of halogens is 2. The molecular weight excluding hydrogens is 307 g/mol. The summed E-state index contributed by atoms with van der Waals surface area (Å²) >= 11 is 11.7. The summed E-state index contributed by atoms with van der Waals surface area (Å²) in [5.74, 6) is 0. The molecule has 1 heterocycles. The van der Waals surface area contributed by atoms with Gasteiger partial charge < -0.3 is 5.73 Å². The molecule has 0 aliphatic carbocycles. The standard InChI is InChI=1S/C12H16Cl2N2O2S/c1-12(7-15)2-3-16(8-12)19(17,18)11-5-9(13)4-10(14)6-11/h4-6H,2-3,7-8,15H2,1H3. The van der Waals surface area contributed by atoms with Crippen molar-refractivity contribution in [3.8, 4) is 0 Å². The predicted octanol–water partition coefficient (Wildman–Crippen LogP) is 2.35. The van der Waals surface area contributed by atoms with Crippen LogP contribution in [0.4, 0.5) is 0 Å². The maximum atomic E-state index is 12.5. The maximum absolute atomic E-state index is 12.5. The summed E-state index contributed by atoms with van der Waals surface area (Å²) in [6, 6.07) is 4.35. The van der Waals surface area contributed by atoms with Crippen LogP contribution in [0.2, 0.25) is 10.0 Å². The molecule has 0 bridgehead atoms. The van der Waals surface area contributed by atoms with Gasteiger partial charge in [-0.2, -0.15) is 4.31 Å². The smallest absolute Gasteiger partial charge is 0.243 e. The molecule has 1 unspecified atom stereocenters. The molecule has 2 N–H and O–H groups in total. The molecule has 1 fully saturated rings. The molecule has 1 aliphatic heterocycles. The summed E-state index contributed by atoms with van der Waals surface area (Å²) in [5, 5.41) is 0.624. The summed E-state index contributed by atoms with van der Waals surface area (Å²) in [6.07, 6.45) is 0.761. The molecule has 1 saturated heterocycles. The fraction of sp³-hybridized carbons (Fsp3) is 0.500. The van der Waals surface area contributed by atoms with Gasteiger partial charge in [0, 0.05) is 23.1 Å².